The molecule has 2 saturated heterocycles. The summed E-state index contributed by atoms with van der Waals surface area (Å²) < 4.78 is 23.6. The zero-order chi connectivity index (χ0) is 22.3. The summed E-state index contributed by atoms with van der Waals surface area (Å²) in [5.41, 5.74) is 4.82. The van der Waals surface area contributed by atoms with Crippen LogP contribution in [0.4, 0.5) is 4.79 Å². The topological polar surface area (TPSA) is 86.4 Å². The van der Waals surface area contributed by atoms with Gasteiger partial charge in [-0.2, -0.15) is 5.10 Å². The highest BCUT2D eigenvalue weighted by Gasteiger charge is 2.36. The van der Waals surface area contributed by atoms with E-state index < -0.39 is 9.84 Å². The number of carbonyl (C=O) groups is 1. The number of benzene rings is 1. The van der Waals surface area contributed by atoms with E-state index in [1.165, 1.54) is 29.7 Å². The number of hydrogen-bond donors (Lipinski definition) is 1. The van der Waals surface area contributed by atoms with Crippen molar-refractivity contribution in [2.24, 2.45) is 0 Å². The average Bonchev–Trinajstić information content (AvgIpc) is 3.54. The van der Waals surface area contributed by atoms with Crippen LogP contribution in [0.3, 0.4) is 0 Å². The largest absolute Gasteiger partial charge is 0.323 e. The molecule has 3 fully saturated rings. The number of likely N-dealkylation sites (tertiary alicyclic amines) is 1. The van der Waals surface area contributed by atoms with Gasteiger partial charge in [0.15, 0.2) is 9.84 Å². The summed E-state index contributed by atoms with van der Waals surface area (Å²) in [5, 5.41) is 7.85. The first kappa shape index (κ1) is 21.5. The number of carbonyl (C=O) groups excluding carboxylic acids is 1. The van der Waals surface area contributed by atoms with Gasteiger partial charge in [0, 0.05) is 49.6 Å². The standard InChI is InChI=1S/C24H32N4O3S/c1-2-17-3-5-18(6-4-17)20-13-21(23-14-22(25-26-23)19-7-8-19)16-28(15-20)24(29)27-9-11-32(30,31)12-10-27/h3-6,14,19-21H,2,7-13,15-16H2,1H3,(H,25,26). The smallest absolute Gasteiger partial charge is 0.320 e. The van der Waals surface area contributed by atoms with Crippen LogP contribution in [-0.4, -0.2) is 72.1 Å². The lowest BCUT2D eigenvalue weighted by atomic mass is 9.82. The van der Waals surface area contributed by atoms with Gasteiger partial charge in [0.05, 0.1) is 17.2 Å². The molecule has 3 aliphatic rings. The molecule has 2 atom stereocenters. The van der Waals surface area contributed by atoms with Gasteiger partial charge in [0.2, 0.25) is 0 Å². The van der Waals surface area contributed by atoms with Crippen LogP contribution < -0.4 is 0 Å². The van der Waals surface area contributed by atoms with E-state index in [1.807, 2.05) is 4.90 Å². The third kappa shape index (κ3) is 4.56. The molecule has 0 spiro atoms. The fraction of sp³-hybridized carbons (Fsp3) is 0.583. The maximum atomic E-state index is 13.4. The van der Waals surface area contributed by atoms with Gasteiger partial charge in [-0.3, -0.25) is 5.10 Å². The van der Waals surface area contributed by atoms with Crippen molar-refractivity contribution in [1.29, 1.82) is 0 Å². The quantitative estimate of drug-likeness (QED) is 0.765. The third-order valence-electron chi connectivity index (χ3n) is 7.25. The van der Waals surface area contributed by atoms with Crippen LogP contribution in [0, 0.1) is 0 Å². The van der Waals surface area contributed by atoms with E-state index in [2.05, 4.69) is 47.5 Å². The Morgan fingerprint density at radius 2 is 1.72 bits per heavy atom. The number of aromatic nitrogens is 2. The van der Waals surface area contributed by atoms with Gasteiger partial charge in [-0.25, -0.2) is 13.2 Å². The number of urea groups is 1. The molecule has 1 aliphatic carbocycles. The van der Waals surface area contributed by atoms with Crippen molar-refractivity contribution in [3.8, 4) is 0 Å². The van der Waals surface area contributed by atoms with Crippen LogP contribution in [0.2, 0.25) is 0 Å². The summed E-state index contributed by atoms with van der Waals surface area (Å²) in [7, 11) is -3.02. The summed E-state index contributed by atoms with van der Waals surface area (Å²) in [4.78, 5) is 17.0. The second kappa shape index (κ2) is 8.54. The first-order valence-electron chi connectivity index (χ1n) is 11.8. The Balaban J connectivity index is 1.38. The molecule has 1 aromatic heterocycles. The molecule has 0 radical (unpaired) electrons. The molecule has 5 rings (SSSR count). The zero-order valence-corrected chi connectivity index (χ0v) is 19.5. The molecule has 1 aromatic carbocycles. The minimum atomic E-state index is -3.02. The Labute approximate surface area is 190 Å². The number of sulfone groups is 1. The van der Waals surface area contributed by atoms with Gasteiger partial charge in [-0.1, -0.05) is 31.2 Å². The van der Waals surface area contributed by atoms with Crippen LogP contribution in [-0.2, 0) is 16.3 Å². The minimum Gasteiger partial charge on any atom is -0.323 e. The zero-order valence-electron chi connectivity index (χ0n) is 18.7. The van der Waals surface area contributed by atoms with Crippen molar-refractivity contribution in [3.63, 3.8) is 0 Å². The maximum absolute atomic E-state index is 13.4. The summed E-state index contributed by atoms with van der Waals surface area (Å²) in [6.07, 6.45) is 4.41. The van der Waals surface area contributed by atoms with Crippen molar-refractivity contribution < 1.29 is 13.2 Å². The van der Waals surface area contributed by atoms with Crippen molar-refractivity contribution in [3.05, 3.63) is 52.8 Å². The molecule has 2 aromatic rings. The van der Waals surface area contributed by atoms with Gasteiger partial charge in [-0.05, 0) is 42.9 Å². The number of aryl methyl sites for hydroxylation is 1. The number of H-pyrrole nitrogens is 1. The van der Waals surface area contributed by atoms with Crippen LogP contribution in [0.15, 0.2) is 30.3 Å². The lowest BCUT2D eigenvalue weighted by Crippen LogP contribution is -2.53. The van der Waals surface area contributed by atoms with E-state index in [1.54, 1.807) is 4.90 Å². The second-order valence-electron chi connectivity index (χ2n) is 9.57. The van der Waals surface area contributed by atoms with Gasteiger partial charge < -0.3 is 9.80 Å². The number of rotatable bonds is 4. The molecule has 1 saturated carbocycles. The van der Waals surface area contributed by atoms with Crippen LogP contribution in [0.25, 0.3) is 0 Å². The van der Waals surface area contributed by atoms with E-state index in [-0.39, 0.29) is 42.5 Å². The molecule has 32 heavy (non-hydrogen) atoms. The van der Waals surface area contributed by atoms with E-state index in [0.29, 0.717) is 19.0 Å². The lowest BCUT2D eigenvalue weighted by Gasteiger charge is -2.40. The number of nitrogens with zero attached hydrogens (tertiary/aromatic N) is 3. The highest BCUT2D eigenvalue weighted by molar-refractivity contribution is 7.91. The highest BCUT2D eigenvalue weighted by Crippen LogP contribution is 2.41. The summed E-state index contributed by atoms with van der Waals surface area (Å²) >= 11 is 0. The van der Waals surface area contributed by atoms with Crippen LogP contribution in [0.5, 0.6) is 0 Å². The number of piperidine rings is 1. The molecule has 0 bridgehead atoms. The van der Waals surface area contributed by atoms with Crippen LogP contribution >= 0.6 is 0 Å². The Morgan fingerprint density at radius 1 is 1.03 bits per heavy atom. The number of amides is 2. The SMILES string of the molecule is CCc1ccc(C2CC(c3cc(C4CC4)[nH]n3)CN(C(=O)N3CCS(=O)(=O)CC3)C2)cc1. The summed E-state index contributed by atoms with van der Waals surface area (Å²) in [5.74, 6) is 1.13. The maximum Gasteiger partial charge on any atom is 0.320 e. The fourth-order valence-electron chi connectivity index (χ4n) is 5.01. The summed E-state index contributed by atoms with van der Waals surface area (Å²) in [6, 6.07) is 10.9. The van der Waals surface area contributed by atoms with Crippen molar-refractivity contribution in [2.45, 2.75) is 50.4 Å². The fourth-order valence-corrected chi connectivity index (χ4v) is 6.21. The number of hydrogen-bond acceptors (Lipinski definition) is 4. The predicted octanol–water partition coefficient (Wildman–Crippen LogP) is 3.27. The molecule has 7 nitrogen and oxygen atoms in total. The molecule has 2 unspecified atom stereocenters. The molecular weight excluding hydrogens is 424 g/mol. The van der Waals surface area contributed by atoms with E-state index in [9.17, 15) is 13.2 Å². The van der Waals surface area contributed by atoms with Gasteiger partial charge in [-0.15, -0.1) is 0 Å². The Bertz CT molecular complexity index is 1060. The molecular formula is C24H32N4O3S. The molecule has 1 N–H and O–H groups in total. The summed E-state index contributed by atoms with van der Waals surface area (Å²) in [6.45, 7) is 4.00. The molecule has 2 amide bonds. The van der Waals surface area contributed by atoms with Gasteiger partial charge in [0.1, 0.15) is 0 Å². The molecule has 172 valence electrons. The van der Waals surface area contributed by atoms with E-state index in [0.717, 1.165) is 18.5 Å². The normalized spacial score (nSPS) is 25.7. The van der Waals surface area contributed by atoms with Gasteiger partial charge in [0.25, 0.3) is 0 Å². The number of nitrogens with one attached hydrogen (secondary N) is 1. The Hall–Kier alpha value is -2.35. The monoisotopic (exact) mass is 456 g/mol. The molecule has 3 heterocycles. The Morgan fingerprint density at radius 3 is 2.38 bits per heavy atom. The predicted molar refractivity (Wildman–Crippen MR) is 124 cm³/mol. The van der Waals surface area contributed by atoms with Crippen molar-refractivity contribution in [2.75, 3.05) is 37.7 Å². The van der Waals surface area contributed by atoms with Crippen molar-refractivity contribution >= 4 is 15.9 Å². The minimum absolute atomic E-state index is 0.0438. The first-order valence-corrected chi connectivity index (χ1v) is 13.6. The average molecular weight is 457 g/mol. The van der Waals surface area contributed by atoms with Gasteiger partial charge >= 0.3 is 6.03 Å². The first-order chi connectivity index (χ1) is 15.4. The van der Waals surface area contributed by atoms with E-state index >= 15 is 0 Å². The van der Waals surface area contributed by atoms with Crippen LogP contribution in [0.1, 0.15) is 66.5 Å². The lowest BCUT2D eigenvalue weighted by molar-refractivity contribution is 0.135. The Kier molecular flexibility index (Phi) is 5.73. The van der Waals surface area contributed by atoms with Crippen molar-refractivity contribution in [1.82, 2.24) is 20.0 Å². The molecule has 2 aliphatic heterocycles. The number of aromatic amines is 1. The highest BCUT2D eigenvalue weighted by atomic mass is 32.2. The second-order valence-corrected chi connectivity index (χ2v) is 11.9. The third-order valence-corrected chi connectivity index (χ3v) is 8.86. The van der Waals surface area contributed by atoms with E-state index in [4.69, 9.17) is 0 Å². The molecule has 8 heteroatoms.